The number of carboxylic acid groups (broad SMARTS) is 1. The van der Waals surface area contributed by atoms with Gasteiger partial charge >= 0.3 is 12.1 Å². The molecule has 1 atom stereocenters. The maximum atomic E-state index is 11.5. The maximum Gasteiger partial charge on any atom is 0.511 e. The summed E-state index contributed by atoms with van der Waals surface area (Å²) in [5.41, 5.74) is -0.705. The molecule has 1 heterocycles. The predicted molar refractivity (Wildman–Crippen MR) is 66.7 cm³/mol. The van der Waals surface area contributed by atoms with Gasteiger partial charge in [-0.25, -0.2) is 9.59 Å². The zero-order chi connectivity index (χ0) is 16.0. The van der Waals surface area contributed by atoms with Crippen LogP contribution in [0.25, 0.3) is 0 Å². The van der Waals surface area contributed by atoms with E-state index in [1.54, 1.807) is 20.8 Å². The summed E-state index contributed by atoms with van der Waals surface area (Å²) >= 11 is 0. The van der Waals surface area contributed by atoms with Crippen molar-refractivity contribution in [3.8, 4) is 0 Å². The predicted octanol–water partition coefficient (Wildman–Crippen LogP) is 1.25. The average Bonchev–Trinajstić information content (AvgIpc) is 2.81. The lowest BCUT2D eigenvalue weighted by molar-refractivity contribution is -0.712. The Bertz CT molecular complexity index is 419. The van der Waals surface area contributed by atoms with Crippen molar-refractivity contribution in [2.75, 3.05) is 13.3 Å². The van der Waals surface area contributed by atoms with Gasteiger partial charge in [0.2, 0.25) is 5.28 Å². The van der Waals surface area contributed by atoms with Gasteiger partial charge in [-0.15, -0.1) is 5.01 Å². The van der Waals surface area contributed by atoms with Crippen LogP contribution in [0.3, 0.4) is 0 Å². The number of aliphatic carboxylic acids is 1. The summed E-state index contributed by atoms with van der Waals surface area (Å²) in [4.78, 5) is 26.6. The molecule has 1 fully saturated rings. The number of carbonyl (C=O) groups excluding carboxylic acids is 1. The minimum absolute atomic E-state index is 0.0459. The second-order valence-electron chi connectivity index (χ2n) is 5.35. The molecule has 21 heavy (non-hydrogen) atoms. The van der Waals surface area contributed by atoms with Crippen LogP contribution in [0, 0.1) is 5.21 Å². The van der Waals surface area contributed by atoms with E-state index in [-0.39, 0.29) is 11.5 Å². The Morgan fingerprint density at radius 2 is 2.14 bits per heavy atom. The molecule has 10 nitrogen and oxygen atoms in total. The maximum absolute atomic E-state index is 11.5. The number of nitrogens with zero attached hydrogens (tertiary/aromatic N) is 3. The van der Waals surface area contributed by atoms with Crippen LogP contribution in [-0.2, 0) is 19.1 Å². The van der Waals surface area contributed by atoms with Gasteiger partial charge < -0.3 is 24.6 Å². The molecule has 1 aliphatic rings. The highest BCUT2D eigenvalue weighted by Crippen LogP contribution is 2.17. The van der Waals surface area contributed by atoms with Crippen LogP contribution in [0.5, 0.6) is 0 Å². The molecule has 0 unspecified atom stereocenters. The first-order chi connectivity index (χ1) is 9.70. The van der Waals surface area contributed by atoms with Gasteiger partial charge in [-0.05, 0) is 33.6 Å². The quantitative estimate of drug-likeness (QED) is 0.201. The number of hydrogen-bond acceptors (Lipinski definition) is 7. The van der Waals surface area contributed by atoms with Crippen LogP contribution in [0.2, 0.25) is 0 Å². The van der Waals surface area contributed by atoms with Crippen molar-refractivity contribution in [3.63, 3.8) is 0 Å². The van der Waals surface area contributed by atoms with E-state index < -0.39 is 30.6 Å². The minimum Gasteiger partial charge on any atom is -0.569 e. The van der Waals surface area contributed by atoms with Gasteiger partial charge in [0, 0.05) is 0 Å². The molecular formula is C11H19N3O7. The van der Waals surface area contributed by atoms with Crippen molar-refractivity contribution in [1.29, 1.82) is 0 Å². The summed E-state index contributed by atoms with van der Waals surface area (Å²) in [6, 6.07) is -0.929. The molecule has 0 bridgehead atoms. The topological polar surface area (TPSA) is 124 Å². The minimum atomic E-state index is -1.10. The van der Waals surface area contributed by atoms with Gasteiger partial charge in [0.15, 0.2) is 6.04 Å². The number of rotatable bonds is 5. The molecular weight excluding hydrogens is 286 g/mol. The fraction of sp³-hybridized carbons (Fsp3) is 0.818. The molecule has 0 amide bonds. The van der Waals surface area contributed by atoms with Crippen molar-refractivity contribution in [1.82, 2.24) is 5.01 Å². The van der Waals surface area contributed by atoms with Crippen molar-refractivity contribution in [2.24, 2.45) is 5.28 Å². The number of carboxylic acids is 1. The molecule has 1 rings (SSSR count). The molecule has 0 aromatic carbocycles. The van der Waals surface area contributed by atoms with Crippen molar-refractivity contribution >= 4 is 12.1 Å². The largest absolute Gasteiger partial charge is 0.569 e. The third kappa shape index (κ3) is 5.71. The van der Waals surface area contributed by atoms with Crippen molar-refractivity contribution in [2.45, 2.75) is 45.3 Å². The Kier molecular flexibility index (Phi) is 5.56. The fourth-order valence-corrected chi connectivity index (χ4v) is 1.68. The third-order valence-electron chi connectivity index (χ3n) is 2.48. The van der Waals surface area contributed by atoms with Gasteiger partial charge in [0.05, 0.1) is 11.5 Å². The molecule has 0 aromatic heterocycles. The van der Waals surface area contributed by atoms with Crippen molar-refractivity contribution < 1.29 is 34.0 Å². The molecule has 1 aliphatic heterocycles. The summed E-state index contributed by atoms with van der Waals surface area (Å²) in [7, 11) is 0. The van der Waals surface area contributed by atoms with E-state index in [0.717, 1.165) is 5.01 Å². The molecule has 1 saturated heterocycles. The van der Waals surface area contributed by atoms with Crippen LogP contribution >= 0.6 is 0 Å². The van der Waals surface area contributed by atoms with E-state index in [1.807, 2.05) is 0 Å². The standard InChI is InChI=1S/C11H19N3O7/c1-11(2,3)21-10(17)19-7-20-12-14(18)13-6-4-5-8(13)9(15)16/h8H,4-7H2,1-3H3,(H,15,16)/b14-12+/t8-/m0/s1. The van der Waals surface area contributed by atoms with Gasteiger partial charge in [-0.3, -0.25) is 0 Å². The molecule has 120 valence electrons. The summed E-state index contributed by atoms with van der Waals surface area (Å²) in [6.45, 7) is 4.65. The third-order valence-corrected chi connectivity index (χ3v) is 2.48. The Labute approximate surface area is 121 Å². The normalized spacial score (nSPS) is 19.3. The number of hydrazine groups is 1. The van der Waals surface area contributed by atoms with Crippen molar-refractivity contribution in [3.05, 3.63) is 5.21 Å². The highest BCUT2D eigenvalue weighted by Gasteiger charge is 2.36. The van der Waals surface area contributed by atoms with Gasteiger partial charge in [0.1, 0.15) is 5.60 Å². The van der Waals surface area contributed by atoms with E-state index in [0.29, 0.717) is 12.8 Å². The van der Waals surface area contributed by atoms with Crippen LogP contribution in [0.15, 0.2) is 5.28 Å². The average molecular weight is 305 g/mol. The zero-order valence-corrected chi connectivity index (χ0v) is 12.1. The lowest BCUT2D eigenvalue weighted by Gasteiger charge is -2.18. The lowest BCUT2D eigenvalue weighted by atomic mass is 10.2. The van der Waals surface area contributed by atoms with E-state index in [2.05, 4.69) is 14.9 Å². The number of ether oxygens (including phenoxy) is 2. The van der Waals surface area contributed by atoms with Crippen LogP contribution in [0.1, 0.15) is 33.6 Å². The monoisotopic (exact) mass is 305 g/mol. The lowest BCUT2D eigenvalue weighted by Crippen LogP contribution is -2.40. The SMILES string of the molecule is CC(C)(C)OC(=O)OCO/N=[N+](/[O-])N1CCC[C@H]1C(=O)O. The molecule has 10 heteroatoms. The first-order valence-corrected chi connectivity index (χ1v) is 6.36. The van der Waals surface area contributed by atoms with E-state index in [9.17, 15) is 14.8 Å². The zero-order valence-electron chi connectivity index (χ0n) is 12.1. The Morgan fingerprint density at radius 1 is 1.48 bits per heavy atom. The molecule has 0 spiro atoms. The number of hydrogen-bond donors (Lipinski definition) is 1. The second-order valence-corrected chi connectivity index (χ2v) is 5.35. The van der Waals surface area contributed by atoms with Gasteiger partial charge in [-0.1, -0.05) is 0 Å². The van der Waals surface area contributed by atoms with E-state index in [4.69, 9.17) is 9.84 Å². The molecule has 0 aliphatic carbocycles. The van der Waals surface area contributed by atoms with Gasteiger partial charge in [-0.2, -0.15) is 0 Å². The highest BCUT2D eigenvalue weighted by molar-refractivity contribution is 5.73. The van der Waals surface area contributed by atoms with E-state index >= 15 is 0 Å². The van der Waals surface area contributed by atoms with Gasteiger partial charge in [0.25, 0.3) is 6.79 Å². The molecule has 0 radical (unpaired) electrons. The first-order valence-electron chi connectivity index (χ1n) is 6.36. The number of carbonyl (C=O) groups is 2. The second kappa shape index (κ2) is 6.95. The summed E-state index contributed by atoms with van der Waals surface area (Å²) in [5.74, 6) is -1.10. The molecule has 1 N–H and O–H groups in total. The molecule has 0 saturated carbocycles. The van der Waals surface area contributed by atoms with E-state index in [1.165, 1.54) is 0 Å². The summed E-state index contributed by atoms with van der Waals surface area (Å²) < 4.78 is 9.36. The van der Waals surface area contributed by atoms with Crippen LogP contribution in [0.4, 0.5) is 4.79 Å². The Hall–Kier alpha value is -2.26. The summed E-state index contributed by atoms with van der Waals surface area (Å²) in [6.07, 6.45) is -0.0304. The molecule has 0 aromatic rings. The smallest absolute Gasteiger partial charge is 0.511 e. The van der Waals surface area contributed by atoms with Crippen LogP contribution in [-0.4, -0.2) is 52.2 Å². The van der Waals surface area contributed by atoms with Crippen LogP contribution < -0.4 is 0 Å². The summed E-state index contributed by atoms with van der Waals surface area (Å²) in [5, 5.41) is 24.6. The first kappa shape index (κ1) is 16.8. The Morgan fingerprint density at radius 3 is 2.71 bits per heavy atom. The highest BCUT2D eigenvalue weighted by atomic mass is 16.8. The Balaban J connectivity index is 2.36. The fourth-order valence-electron chi connectivity index (χ4n) is 1.68.